The maximum Gasteiger partial charge on any atom is 0.161 e. The number of nitriles is 1. The van der Waals surface area contributed by atoms with Crippen molar-refractivity contribution in [2.75, 3.05) is 19.5 Å². The number of hydrogen-bond acceptors (Lipinski definition) is 7. The molecule has 2 aromatic heterocycles. The van der Waals surface area contributed by atoms with Crippen molar-refractivity contribution in [2.24, 2.45) is 0 Å². The van der Waals surface area contributed by atoms with Gasteiger partial charge in [-0.15, -0.1) is 11.3 Å². The number of methoxy groups -OCH3 is 2. The van der Waals surface area contributed by atoms with Crippen LogP contribution < -0.4 is 14.8 Å². The molecule has 0 atom stereocenters. The average molecular weight is 414 g/mol. The van der Waals surface area contributed by atoms with E-state index in [0.717, 1.165) is 27.8 Å². The first-order valence-electron chi connectivity index (χ1n) is 9.11. The van der Waals surface area contributed by atoms with Crippen LogP contribution in [0, 0.1) is 11.3 Å². The summed E-state index contributed by atoms with van der Waals surface area (Å²) in [6, 6.07) is 17.6. The molecule has 0 fully saturated rings. The third-order valence-electron chi connectivity index (χ3n) is 4.52. The summed E-state index contributed by atoms with van der Waals surface area (Å²) in [7, 11) is 3.20. The second-order valence-electron chi connectivity index (χ2n) is 6.33. The molecule has 0 saturated heterocycles. The second-order valence-corrected chi connectivity index (χ2v) is 7.19. The molecule has 0 saturated carbocycles. The molecule has 4 rings (SSSR count). The van der Waals surface area contributed by atoms with Gasteiger partial charge in [0.05, 0.1) is 25.4 Å². The smallest absolute Gasteiger partial charge is 0.161 e. The number of anilines is 1. The number of fused-ring (bicyclic) bond motifs is 1. The van der Waals surface area contributed by atoms with Crippen molar-refractivity contribution >= 4 is 33.5 Å². The number of nitrogens with one attached hydrogen (secondary N) is 1. The molecule has 2 aromatic carbocycles. The lowest BCUT2D eigenvalue weighted by Gasteiger charge is -2.08. The number of allylic oxidation sites excluding steroid dienone is 1. The second kappa shape index (κ2) is 8.64. The van der Waals surface area contributed by atoms with E-state index in [0.29, 0.717) is 22.1 Å². The van der Waals surface area contributed by atoms with E-state index in [9.17, 15) is 5.26 Å². The lowest BCUT2D eigenvalue weighted by Crippen LogP contribution is -1.92. The van der Waals surface area contributed by atoms with Crippen LogP contribution in [0.1, 0.15) is 5.01 Å². The third kappa shape index (κ3) is 3.95. The fraction of sp³-hybridized carbons (Fsp3) is 0.0870. The minimum Gasteiger partial charge on any atom is -0.493 e. The van der Waals surface area contributed by atoms with Gasteiger partial charge in [-0.25, -0.2) is 4.98 Å². The van der Waals surface area contributed by atoms with Gasteiger partial charge in [0, 0.05) is 34.4 Å². The van der Waals surface area contributed by atoms with Gasteiger partial charge in [-0.05, 0) is 42.5 Å². The molecule has 0 unspecified atom stereocenters. The Balaban J connectivity index is 1.58. The number of pyridine rings is 1. The van der Waals surface area contributed by atoms with Crippen LogP contribution in [-0.4, -0.2) is 24.2 Å². The van der Waals surface area contributed by atoms with E-state index in [2.05, 4.69) is 21.4 Å². The van der Waals surface area contributed by atoms with Gasteiger partial charge in [-0.1, -0.05) is 6.07 Å². The predicted octanol–water partition coefficient (Wildman–Crippen LogP) is 5.35. The molecule has 0 spiro atoms. The maximum atomic E-state index is 9.62. The lowest BCUT2D eigenvalue weighted by atomic mass is 10.1. The van der Waals surface area contributed by atoms with E-state index >= 15 is 0 Å². The van der Waals surface area contributed by atoms with Gasteiger partial charge in [-0.3, -0.25) is 4.98 Å². The highest BCUT2D eigenvalue weighted by atomic mass is 32.1. The largest absolute Gasteiger partial charge is 0.493 e. The van der Waals surface area contributed by atoms with E-state index in [-0.39, 0.29) is 0 Å². The number of nitrogens with zero attached hydrogens (tertiary/aromatic N) is 3. The molecule has 6 nitrogen and oxygen atoms in total. The molecule has 2 heterocycles. The van der Waals surface area contributed by atoms with Crippen LogP contribution in [0.5, 0.6) is 11.5 Å². The molecular weight excluding hydrogens is 396 g/mol. The Labute approximate surface area is 178 Å². The highest BCUT2D eigenvalue weighted by Gasteiger charge is 2.12. The molecule has 0 amide bonds. The lowest BCUT2D eigenvalue weighted by molar-refractivity contribution is 0.355. The normalized spacial score (nSPS) is 11.2. The van der Waals surface area contributed by atoms with Crippen LogP contribution in [0.4, 0.5) is 5.69 Å². The van der Waals surface area contributed by atoms with Crippen molar-refractivity contribution < 1.29 is 9.47 Å². The number of thiazole rings is 1. The Morgan fingerprint density at radius 1 is 1.10 bits per heavy atom. The van der Waals surface area contributed by atoms with Gasteiger partial charge in [0.1, 0.15) is 16.6 Å². The molecule has 1 N–H and O–H groups in total. The Bertz CT molecular complexity index is 1270. The zero-order valence-corrected chi connectivity index (χ0v) is 17.2. The van der Waals surface area contributed by atoms with Gasteiger partial charge < -0.3 is 14.8 Å². The van der Waals surface area contributed by atoms with Crippen molar-refractivity contribution in [3.63, 3.8) is 0 Å². The average Bonchev–Trinajstić information content (AvgIpc) is 3.29. The summed E-state index contributed by atoms with van der Waals surface area (Å²) in [5.41, 5.74) is 3.92. The van der Waals surface area contributed by atoms with E-state index in [4.69, 9.17) is 9.47 Å². The standard InChI is InChI=1S/C23H18N4O2S/c1-28-21-8-5-16(11-22(21)29-2)20-14-30-23(27-20)17(12-24)13-26-18-6-7-19-15(10-18)4-3-9-25-19/h3-11,13-14,26H,1-2H3/b17-13+. The van der Waals surface area contributed by atoms with Crippen LogP contribution in [-0.2, 0) is 0 Å². The third-order valence-corrected chi connectivity index (χ3v) is 5.40. The molecule has 0 aliphatic heterocycles. The predicted molar refractivity (Wildman–Crippen MR) is 120 cm³/mol. The van der Waals surface area contributed by atoms with E-state index < -0.39 is 0 Å². The summed E-state index contributed by atoms with van der Waals surface area (Å²) in [5, 5.41) is 16.4. The van der Waals surface area contributed by atoms with E-state index in [1.165, 1.54) is 11.3 Å². The zero-order chi connectivity index (χ0) is 20.9. The minimum atomic E-state index is 0.456. The summed E-state index contributed by atoms with van der Waals surface area (Å²) in [6.45, 7) is 0. The summed E-state index contributed by atoms with van der Waals surface area (Å²) in [4.78, 5) is 8.94. The molecular formula is C23H18N4O2S. The summed E-state index contributed by atoms with van der Waals surface area (Å²) >= 11 is 1.41. The van der Waals surface area contributed by atoms with Crippen molar-refractivity contribution in [1.29, 1.82) is 5.26 Å². The molecule has 4 aromatic rings. The Morgan fingerprint density at radius 2 is 1.97 bits per heavy atom. The monoisotopic (exact) mass is 414 g/mol. The first-order valence-corrected chi connectivity index (χ1v) is 9.99. The Morgan fingerprint density at radius 3 is 2.77 bits per heavy atom. The summed E-state index contributed by atoms with van der Waals surface area (Å²) in [6.07, 6.45) is 3.44. The number of hydrogen-bond donors (Lipinski definition) is 1. The fourth-order valence-electron chi connectivity index (χ4n) is 2.99. The summed E-state index contributed by atoms with van der Waals surface area (Å²) in [5.74, 6) is 1.29. The first kappa shape index (κ1) is 19.4. The van der Waals surface area contributed by atoms with Crippen molar-refractivity contribution in [1.82, 2.24) is 9.97 Å². The molecule has 0 aliphatic carbocycles. The van der Waals surface area contributed by atoms with Gasteiger partial charge in [0.15, 0.2) is 11.5 Å². The molecule has 30 heavy (non-hydrogen) atoms. The van der Waals surface area contributed by atoms with Crippen LogP contribution >= 0.6 is 11.3 Å². The van der Waals surface area contributed by atoms with Crippen molar-refractivity contribution in [3.8, 4) is 28.8 Å². The topological polar surface area (TPSA) is 80.1 Å². The molecule has 0 bridgehead atoms. The number of benzene rings is 2. The highest BCUT2D eigenvalue weighted by Crippen LogP contribution is 2.33. The van der Waals surface area contributed by atoms with Gasteiger partial charge >= 0.3 is 0 Å². The molecule has 0 aliphatic rings. The fourth-order valence-corrected chi connectivity index (χ4v) is 3.78. The Kier molecular flexibility index (Phi) is 5.59. The minimum absolute atomic E-state index is 0.456. The Hall–Kier alpha value is -3.89. The zero-order valence-electron chi connectivity index (χ0n) is 16.4. The first-order chi connectivity index (χ1) is 14.7. The van der Waals surface area contributed by atoms with Gasteiger partial charge in [-0.2, -0.15) is 5.26 Å². The maximum absolute atomic E-state index is 9.62. The number of aromatic nitrogens is 2. The van der Waals surface area contributed by atoms with Crippen LogP contribution in [0.15, 0.2) is 66.3 Å². The van der Waals surface area contributed by atoms with Gasteiger partial charge in [0.25, 0.3) is 0 Å². The summed E-state index contributed by atoms with van der Waals surface area (Å²) < 4.78 is 10.6. The van der Waals surface area contributed by atoms with Gasteiger partial charge in [0.2, 0.25) is 0 Å². The van der Waals surface area contributed by atoms with Crippen LogP contribution in [0.25, 0.3) is 27.7 Å². The van der Waals surface area contributed by atoms with E-state index in [1.54, 1.807) is 26.6 Å². The highest BCUT2D eigenvalue weighted by molar-refractivity contribution is 7.11. The van der Waals surface area contributed by atoms with Crippen molar-refractivity contribution in [3.05, 3.63) is 71.3 Å². The molecule has 0 radical (unpaired) electrons. The van der Waals surface area contributed by atoms with Crippen LogP contribution in [0.3, 0.4) is 0 Å². The number of rotatable bonds is 6. The van der Waals surface area contributed by atoms with E-state index in [1.807, 2.05) is 53.9 Å². The van der Waals surface area contributed by atoms with Crippen LogP contribution in [0.2, 0.25) is 0 Å². The molecule has 148 valence electrons. The SMILES string of the molecule is COc1ccc(-c2csc(/C(C#N)=C/Nc3ccc4ncccc4c3)n2)cc1OC. The van der Waals surface area contributed by atoms with Crippen molar-refractivity contribution in [2.45, 2.75) is 0 Å². The molecule has 7 heteroatoms. The quantitative estimate of drug-likeness (QED) is 0.428. The number of ether oxygens (including phenoxy) is 2.